The summed E-state index contributed by atoms with van der Waals surface area (Å²) >= 11 is 1.76. The van der Waals surface area contributed by atoms with E-state index in [1.807, 2.05) is 12.1 Å². The lowest BCUT2D eigenvalue weighted by atomic mass is 10.2. The molecule has 0 fully saturated rings. The van der Waals surface area contributed by atoms with E-state index < -0.39 is 0 Å². The molecular formula is C15H18O3S. The summed E-state index contributed by atoms with van der Waals surface area (Å²) in [6.07, 6.45) is 1.05. The summed E-state index contributed by atoms with van der Waals surface area (Å²) in [5, 5.41) is 9.34. The van der Waals surface area contributed by atoms with E-state index in [-0.39, 0.29) is 6.61 Å². The highest BCUT2D eigenvalue weighted by atomic mass is 32.1. The van der Waals surface area contributed by atoms with E-state index in [2.05, 4.69) is 19.1 Å². The van der Waals surface area contributed by atoms with Gasteiger partial charge in [0.2, 0.25) is 0 Å². The topological polar surface area (TPSA) is 38.7 Å². The normalized spacial score (nSPS) is 10.5. The minimum atomic E-state index is -0.0583. The van der Waals surface area contributed by atoms with Gasteiger partial charge in [0, 0.05) is 15.3 Å². The fourth-order valence-electron chi connectivity index (χ4n) is 1.79. The zero-order valence-corrected chi connectivity index (χ0v) is 12.0. The number of hydrogen-bond acceptors (Lipinski definition) is 4. The summed E-state index contributed by atoms with van der Waals surface area (Å²) in [6, 6.07) is 9.68. The van der Waals surface area contributed by atoms with E-state index >= 15 is 0 Å². The predicted molar refractivity (Wildman–Crippen MR) is 76.9 cm³/mol. The summed E-state index contributed by atoms with van der Waals surface area (Å²) in [6.45, 7) is 2.62. The molecule has 2 rings (SSSR count). The molecule has 0 saturated carbocycles. The predicted octanol–water partition coefficient (Wildman–Crippen LogP) is 3.39. The summed E-state index contributed by atoms with van der Waals surface area (Å²) in [7, 11) is 1.61. The van der Waals surface area contributed by atoms with Crippen LogP contribution >= 0.6 is 11.3 Å². The van der Waals surface area contributed by atoms with Gasteiger partial charge in [0.25, 0.3) is 0 Å². The Hall–Kier alpha value is -1.52. The van der Waals surface area contributed by atoms with Crippen molar-refractivity contribution in [2.24, 2.45) is 0 Å². The fraction of sp³-hybridized carbons (Fsp3) is 0.333. The smallest absolute Gasteiger partial charge is 0.125 e. The van der Waals surface area contributed by atoms with Crippen molar-refractivity contribution in [1.82, 2.24) is 0 Å². The first-order chi connectivity index (χ1) is 9.26. The molecule has 0 aliphatic carbocycles. The number of benzene rings is 1. The monoisotopic (exact) mass is 278 g/mol. The van der Waals surface area contributed by atoms with Gasteiger partial charge in [-0.3, -0.25) is 0 Å². The highest BCUT2D eigenvalue weighted by Gasteiger charge is 2.06. The Morgan fingerprint density at radius 1 is 1.16 bits per heavy atom. The molecule has 102 valence electrons. The Labute approximate surface area is 117 Å². The molecule has 1 aromatic heterocycles. The van der Waals surface area contributed by atoms with Crippen LogP contribution in [0.4, 0.5) is 0 Å². The SMILES string of the molecule is CCc1ccc(COc2ccc(OC)cc2CO)s1. The van der Waals surface area contributed by atoms with E-state index in [0.717, 1.165) is 17.7 Å². The van der Waals surface area contributed by atoms with Gasteiger partial charge in [-0.1, -0.05) is 6.92 Å². The molecule has 19 heavy (non-hydrogen) atoms. The molecule has 0 spiro atoms. The summed E-state index contributed by atoms with van der Waals surface area (Å²) in [5.74, 6) is 1.43. The number of ether oxygens (including phenoxy) is 2. The third-order valence-electron chi connectivity index (χ3n) is 2.87. The van der Waals surface area contributed by atoms with E-state index in [1.165, 1.54) is 9.75 Å². The van der Waals surface area contributed by atoms with Crippen molar-refractivity contribution in [3.63, 3.8) is 0 Å². The van der Waals surface area contributed by atoms with Crippen LogP contribution in [0.15, 0.2) is 30.3 Å². The largest absolute Gasteiger partial charge is 0.497 e. The number of aliphatic hydroxyl groups excluding tert-OH is 1. The number of methoxy groups -OCH3 is 1. The van der Waals surface area contributed by atoms with Crippen LogP contribution in [-0.2, 0) is 19.6 Å². The average molecular weight is 278 g/mol. The molecule has 1 aromatic carbocycles. The Morgan fingerprint density at radius 2 is 1.95 bits per heavy atom. The van der Waals surface area contributed by atoms with Gasteiger partial charge >= 0.3 is 0 Å². The molecule has 3 nitrogen and oxygen atoms in total. The van der Waals surface area contributed by atoms with Crippen LogP contribution in [0.1, 0.15) is 22.2 Å². The zero-order chi connectivity index (χ0) is 13.7. The molecule has 0 amide bonds. The summed E-state index contributed by atoms with van der Waals surface area (Å²) in [5.41, 5.74) is 0.742. The molecule has 0 radical (unpaired) electrons. The molecule has 0 atom stereocenters. The van der Waals surface area contributed by atoms with E-state index in [9.17, 15) is 5.11 Å². The average Bonchev–Trinajstić information content (AvgIpc) is 2.92. The molecule has 0 aliphatic rings. The molecular weight excluding hydrogens is 260 g/mol. The van der Waals surface area contributed by atoms with E-state index in [0.29, 0.717) is 12.4 Å². The second-order valence-corrected chi connectivity index (χ2v) is 5.39. The van der Waals surface area contributed by atoms with Gasteiger partial charge in [0.05, 0.1) is 13.7 Å². The summed E-state index contributed by atoms with van der Waals surface area (Å²) in [4.78, 5) is 2.55. The Bertz CT molecular complexity index is 534. The lowest BCUT2D eigenvalue weighted by Gasteiger charge is -2.10. The van der Waals surface area contributed by atoms with Crippen molar-refractivity contribution in [2.45, 2.75) is 26.6 Å². The van der Waals surface area contributed by atoms with Crippen molar-refractivity contribution in [2.75, 3.05) is 7.11 Å². The first-order valence-electron chi connectivity index (χ1n) is 6.25. The highest BCUT2D eigenvalue weighted by Crippen LogP contribution is 2.26. The minimum absolute atomic E-state index is 0.0583. The van der Waals surface area contributed by atoms with Gasteiger partial charge in [-0.2, -0.15) is 0 Å². The first-order valence-corrected chi connectivity index (χ1v) is 7.06. The van der Waals surface area contributed by atoms with Crippen LogP contribution in [0.3, 0.4) is 0 Å². The van der Waals surface area contributed by atoms with Crippen molar-refractivity contribution in [1.29, 1.82) is 0 Å². The van der Waals surface area contributed by atoms with Crippen molar-refractivity contribution >= 4 is 11.3 Å². The van der Waals surface area contributed by atoms with E-state index in [4.69, 9.17) is 9.47 Å². The van der Waals surface area contributed by atoms with Crippen LogP contribution in [0.2, 0.25) is 0 Å². The van der Waals surface area contributed by atoms with Crippen molar-refractivity contribution in [3.05, 3.63) is 45.6 Å². The van der Waals surface area contributed by atoms with Gasteiger partial charge in [0.15, 0.2) is 0 Å². The Balaban J connectivity index is 2.06. The number of aryl methyl sites for hydroxylation is 1. The Morgan fingerprint density at radius 3 is 2.58 bits per heavy atom. The summed E-state index contributed by atoms with van der Waals surface area (Å²) < 4.78 is 10.9. The van der Waals surface area contributed by atoms with Crippen molar-refractivity contribution < 1.29 is 14.6 Å². The molecule has 0 unspecified atom stereocenters. The molecule has 2 aromatic rings. The van der Waals surface area contributed by atoms with Crippen LogP contribution in [0.5, 0.6) is 11.5 Å². The number of rotatable bonds is 6. The third kappa shape index (κ3) is 3.49. The maximum atomic E-state index is 9.34. The van der Waals surface area contributed by atoms with Crippen LogP contribution < -0.4 is 9.47 Å². The lowest BCUT2D eigenvalue weighted by Crippen LogP contribution is -1.98. The maximum absolute atomic E-state index is 9.34. The van der Waals surface area contributed by atoms with Crippen molar-refractivity contribution in [3.8, 4) is 11.5 Å². The second kappa shape index (κ2) is 6.59. The van der Waals surface area contributed by atoms with Crippen LogP contribution in [0, 0.1) is 0 Å². The Kier molecular flexibility index (Phi) is 4.82. The number of hydrogen-bond donors (Lipinski definition) is 1. The van der Waals surface area contributed by atoms with Gasteiger partial charge in [0.1, 0.15) is 18.1 Å². The van der Waals surface area contributed by atoms with Gasteiger partial charge in [-0.15, -0.1) is 11.3 Å². The fourth-order valence-corrected chi connectivity index (χ4v) is 2.66. The second-order valence-electron chi connectivity index (χ2n) is 4.14. The maximum Gasteiger partial charge on any atom is 0.125 e. The molecule has 4 heteroatoms. The van der Waals surface area contributed by atoms with Gasteiger partial charge < -0.3 is 14.6 Å². The third-order valence-corrected chi connectivity index (χ3v) is 4.08. The molecule has 1 heterocycles. The lowest BCUT2D eigenvalue weighted by molar-refractivity contribution is 0.259. The van der Waals surface area contributed by atoms with E-state index in [1.54, 1.807) is 24.5 Å². The quantitative estimate of drug-likeness (QED) is 0.880. The number of aliphatic hydroxyl groups is 1. The standard InChI is InChI=1S/C15H18O3S/c1-3-13-5-6-14(19-13)10-18-15-7-4-12(17-2)8-11(15)9-16/h4-8,16H,3,9-10H2,1-2H3. The van der Waals surface area contributed by atoms with Gasteiger partial charge in [-0.05, 0) is 36.8 Å². The van der Waals surface area contributed by atoms with Gasteiger partial charge in [-0.25, -0.2) is 0 Å². The molecule has 1 N–H and O–H groups in total. The first kappa shape index (κ1) is 13.9. The highest BCUT2D eigenvalue weighted by molar-refractivity contribution is 7.11. The number of thiophene rings is 1. The van der Waals surface area contributed by atoms with Crippen LogP contribution in [-0.4, -0.2) is 12.2 Å². The van der Waals surface area contributed by atoms with Crippen LogP contribution in [0.25, 0.3) is 0 Å². The molecule has 0 bridgehead atoms. The zero-order valence-electron chi connectivity index (χ0n) is 11.2. The molecule has 0 aliphatic heterocycles. The molecule has 0 saturated heterocycles. The minimum Gasteiger partial charge on any atom is -0.497 e.